The van der Waals surface area contributed by atoms with Gasteiger partial charge in [0, 0.05) is 0 Å². The van der Waals surface area contributed by atoms with Gasteiger partial charge in [-0.1, -0.05) is 47.4 Å². The second-order valence-corrected chi connectivity index (χ2v) is 7.84. The van der Waals surface area contributed by atoms with Crippen molar-refractivity contribution < 1.29 is 23.0 Å². The van der Waals surface area contributed by atoms with Crippen molar-refractivity contribution in [2.75, 3.05) is 23.0 Å². The lowest BCUT2D eigenvalue weighted by molar-refractivity contribution is -0.113. The first kappa shape index (κ1) is 21.8. The number of carbonyl (C=O) groups is 1. The molecule has 0 radical (unpaired) electrons. The zero-order chi connectivity index (χ0) is 21.3. The SMILES string of the molecule is CCOc1ccccc1Nc1nnc(SCC(=O)Nc2ccccc2OC(F)F)s1. The van der Waals surface area contributed by atoms with Crippen LogP contribution < -0.4 is 20.1 Å². The average Bonchev–Trinajstić information content (AvgIpc) is 3.17. The zero-order valence-electron chi connectivity index (χ0n) is 15.8. The first-order valence-corrected chi connectivity index (χ1v) is 10.6. The van der Waals surface area contributed by atoms with Gasteiger partial charge in [-0.2, -0.15) is 8.78 Å². The van der Waals surface area contributed by atoms with Gasteiger partial charge in [0.15, 0.2) is 4.34 Å². The third-order valence-corrected chi connectivity index (χ3v) is 5.51. The summed E-state index contributed by atoms with van der Waals surface area (Å²) in [6.45, 7) is -0.534. The molecule has 0 spiro atoms. The Morgan fingerprint density at radius 2 is 1.80 bits per heavy atom. The monoisotopic (exact) mass is 452 g/mol. The van der Waals surface area contributed by atoms with Crippen molar-refractivity contribution in [1.82, 2.24) is 10.2 Å². The van der Waals surface area contributed by atoms with E-state index in [1.54, 1.807) is 12.1 Å². The summed E-state index contributed by atoms with van der Waals surface area (Å²) in [6, 6.07) is 13.5. The molecule has 1 aromatic heterocycles. The third kappa shape index (κ3) is 6.29. The van der Waals surface area contributed by atoms with Crippen LogP contribution in [0.2, 0.25) is 0 Å². The molecule has 0 bridgehead atoms. The second kappa shape index (κ2) is 10.7. The Balaban J connectivity index is 1.55. The summed E-state index contributed by atoms with van der Waals surface area (Å²) < 4.78 is 35.5. The number of benzene rings is 2. The second-order valence-electron chi connectivity index (χ2n) is 5.64. The maximum atomic E-state index is 12.5. The van der Waals surface area contributed by atoms with Crippen LogP contribution in [-0.2, 0) is 4.79 Å². The summed E-state index contributed by atoms with van der Waals surface area (Å²) in [7, 11) is 0. The van der Waals surface area contributed by atoms with Crippen LogP contribution in [0.15, 0.2) is 52.9 Å². The van der Waals surface area contributed by atoms with Crippen LogP contribution >= 0.6 is 23.1 Å². The molecule has 0 aliphatic rings. The maximum absolute atomic E-state index is 12.5. The first-order valence-electron chi connectivity index (χ1n) is 8.84. The van der Waals surface area contributed by atoms with Crippen LogP contribution in [0.3, 0.4) is 0 Å². The first-order chi connectivity index (χ1) is 14.5. The Morgan fingerprint density at radius 1 is 1.10 bits per heavy atom. The van der Waals surface area contributed by atoms with E-state index in [1.165, 1.54) is 35.2 Å². The van der Waals surface area contributed by atoms with Gasteiger partial charge in [-0.05, 0) is 31.2 Å². The predicted octanol–water partition coefficient (Wildman–Crippen LogP) is 5.01. The summed E-state index contributed by atoms with van der Waals surface area (Å²) in [4.78, 5) is 12.2. The zero-order valence-corrected chi connectivity index (χ0v) is 17.4. The Bertz CT molecular complexity index is 988. The number of para-hydroxylation sites is 4. The lowest BCUT2D eigenvalue weighted by Crippen LogP contribution is -2.15. The Morgan fingerprint density at radius 3 is 2.53 bits per heavy atom. The van der Waals surface area contributed by atoms with Gasteiger partial charge in [0.05, 0.1) is 23.7 Å². The number of hydrogen-bond donors (Lipinski definition) is 2. The Hall–Kier alpha value is -2.92. The fourth-order valence-corrected chi connectivity index (χ4v) is 3.93. The number of nitrogens with zero attached hydrogens (tertiary/aromatic N) is 2. The van der Waals surface area contributed by atoms with Gasteiger partial charge >= 0.3 is 6.61 Å². The number of ether oxygens (including phenoxy) is 2. The molecular weight excluding hydrogens is 434 g/mol. The lowest BCUT2D eigenvalue weighted by Gasteiger charge is -2.11. The van der Waals surface area contributed by atoms with Crippen LogP contribution in [0, 0.1) is 0 Å². The van der Waals surface area contributed by atoms with E-state index < -0.39 is 6.61 Å². The number of anilines is 3. The molecule has 0 unspecified atom stereocenters. The maximum Gasteiger partial charge on any atom is 0.387 e. The number of halogens is 2. The van der Waals surface area contributed by atoms with Crippen molar-refractivity contribution in [3.05, 3.63) is 48.5 Å². The van der Waals surface area contributed by atoms with Crippen LogP contribution in [0.5, 0.6) is 11.5 Å². The van der Waals surface area contributed by atoms with Gasteiger partial charge < -0.3 is 20.1 Å². The number of amides is 1. The number of thioether (sulfide) groups is 1. The minimum atomic E-state index is -2.97. The summed E-state index contributed by atoms with van der Waals surface area (Å²) in [5.74, 6) is 0.263. The minimum Gasteiger partial charge on any atom is -0.492 e. The molecule has 0 saturated carbocycles. The average molecular weight is 453 g/mol. The van der Waals surface area contributed by atoms with E-state index in [0.717, 1.165) is 5.69 Å². The quantitative estimate of drug-likeness (QED) is 0.418. The van der Waals surface area contributed by atoms with Crippen LogP contribution in [0.4, 0.5) is 25.3 Å². The highest BCUT2D eigenvalue weighted by Gasteiger charge is 2.13. The normalized spacial score (nSPS) is 10.7. The molecule has 11 heteroatoms. The minimum absolute atomic E-state index is 0.0349. The van der Waals surface area contributed by atoms with Crippen LogP contribution in [0.1, 0.15) is 6.92 Å². The fraction of sp³-hybridized carbons (Fsp3) is 0.211. The molecule has 1 amide bonds. The molecule has 3 rings (SSSR count). The molecule has 3 aromatic rings. The number of carbonyl (C=O) groups excluding carboxylic acids is 1. The molecule has 7 nitrogen and oxygen atoms in total. The van der Waals surface area contributed by atoms with E-state index in [1.807, 2.05) is 31.2 Å². The van der Waals surface area contributed by atoms with Gasteiger partial charge in [-0.25, -0.2) is 0 Å². The molecule has 0 fully saturated rings. The van der Waals surface area contributed by atoms with Gasteiger partial charge in [0.25, 0.3) is 0 Å². The topological polar surface area (TPSA) is 85.4 Å². The van der Waals surface area contributed by atoms with E-state index in [4.69, 9.17) is 4.74 Å². The van der Waals surface area contributed by atoms with Crippen molar-refractivity contribution in [2.45, 2.75) is 17.9 Å². The van der Waals surface area contributed by atoms with Crippen molar-refractivity contribution in [2.24, 2.45) is 0 Å². The van der Waals surface area contributed by atoms with E-state index >= 15 is 0 Å². The highest BCUT2D eigenvalue weighted by molar-refractivity contribution is 8.01. The number of nitrogens with one attached hydrogen (secondary N) is 2. The molecule has 0 atom stereocenters. The molecule has 2 N–H and O–H groups in total. The standard InChI is InChI=1S/C19H18F2N4O3S2/c1-2-27-14-9-5-3-7-12(14)23-18-24-25-19(30-18)29-11-16(26)22-13-8-4-6-10-15(13)28-17(20)21/h3-10,17H,2,11H2,1H3,(H,22,26)(H,23,24). The van der Waals surface area contributed by atoms with Crippen molar-refractivity contribution in [3.8, 4) is 11.5 Å². The summed E-state index contributed by atoms with van der Waals surface area (Å²) >= 11 is 2.47. The van der Waals surface area contributed by atoms with E-state index in [9.17, 15) is 13.6 Å². The number of rotatable bonds is 10. The molecule has 30 heavy (non-hydrogen) atoms. The van der Waals surface area contributed by atoms with Crippen molar-refractivity contribution in [1.29, 1.82) is 0 Å². The Labute approximate surface area is 179 Å². The molecule has 158 valence electrons. The van der Waals surface area contributed by atoms with Crippen LogP contribution in [-0.4, -0.2) is 35.1 Å². The molecule has 1 heterocycles. The van der Waals surface area contributed by atoms with Crippen molar-refractivity contribution in [3.63, 3.8) is 0 Å². The smallest absolute Gasteiger partial charge is 0.387 e. The van der Waals surface area contributed by atoms with E-state index in [2.05, 4.69) is 25.6 Å². The highest BCUT2D eigenvalue weighted by Crippen LogP contribution is 2.32. The Kier molecular flexibility index (Phi) is 7.80. The van der Waals surface area contributed by atoms with Crippen molar-refractivity contribution >= 4 is 45.5 Å². The third-order valence-electron chi connectivity index (χ3n) is 3.54. The summed E-state index contributed by atoms with van der Waals surface area (Å²) in [5.41, 5.74) is 0.941. The lowest BCUT2D eigenvalue weighted by atomic mass is 10.3. The summed E-state index contributed by atoms with van der Waals surface area (Å²) in [6.07, 6.45) is 0. The van der Waals surface area contributed by atoms with Crippen LogP contribution in [0.25, 0.3) is 0 Å². The molecule has 0 aliphatic carbocycles. The number of aromatic nitrogens is 2. The highest BCUT2D eigenvalue weighted by atomic mass is 32.2. The van der Waals surface area contributed by atoms with Gasteiger partial charge in [0.2, 0.25) is 11.0 Å². The predicted molar refractivity (Wildman–Crippen MR) is 113 cm³/mol. The molecule has 2 aromatic carbocycles. The van der Waals surface area contributed by atoms with Gasteiger partial charge in [-0.3, -0.25) is 4.79 Å². The number of hydrogen-bond acceptors (Lipinski definition) is 8. The number of alkyl halides is 2. The summed E-state index contributed by atoms with van der Waals surface area (Å²) in [5, 5.41) is 14.4. The molecule has 0 aliphatic heterocycles. The van der Waals surface area contributed by atoms with Gasteiger partial charge in [0.1, 0.15) is 11.5 Å². The van der Waals surface area contributed by atoms with Gasteiger partial charge in [-0.15, -0.1) is 10.2 Å². The molecular formula is C19H18F2N4O3S2. The largest absolute Gasteiger partial charge is 0.492 e. The fourth-order valence-electron chi connectivity index (χ4n) is 2.37. The van der Waals surface area contributed by atoms with E-state index in [0.29, 0.717) is 21.8 Å². The molecule has 0 saturated heterocycles. The van der Waals surface area contributed by atoms with E-state index in [-0.39, 0.29) is 23.1 Å².